The molecule has 0 amide bonds. The summed E-state index contributed by atoms with van der Waals surface area (Å²) in [5.41, 5.74) is 1.65. The maximum absolute atomic E-state index is 13.5. The van der Waals surface area contributed by atoms with E-state index < -0.39 is 12.5 Å². The second-order valence-electron chi connectivity index (χ2n) is 6.15. The molecule has 2 rings (SSSR count). The Hall–Kier alpha value is -2.47. The number of benzene rings is 2. The van der Waals surface area contributed by atoms with Crippen LogP contribution in [0.5, 0.6) is 11.5 Å². The third-order valence-corrected chi connectivity index (χ3v) is 4.02. The molecule has 0 aliphatic heterocycles. The van der Waals surface area contributed by atoms with E-state index in [9.17, 15) is 13.9 Å². The van der Waals surface area contributed by atoms with Crippen LogP contribution in [-0.2, 0) is 0 Å². The van der Waals surface area contributed by atoms with Crippen LogP contribution < -0.4 is 4.74 Å². The maximum atomic E-state index is 13.5. The van der Waals surface area contributed by atoms with E-state index in [-0.39, 0.29) is 11.3 Å². The number of nitrogens with zero attached hydrogens (tertiary/aromatic N) is 2. The zero-order valence-corrected chi connectivity index (χ0v) is 15.4. The lowest BCUT2D eigenvalue weighted by Crippen LogP contribution is -2.14. The van der Waals surface area contributed by atoms with Crippen molar-refractivity contribution in [1.82, 2.24) is 4.90 Å². The molecule has 0 aliphatic rings. The molecule has 2 aromatic carbocycles. The van der Waals surface area contributed by atoms with Crippen LogP contribution in [0.1, 0.15) is 43.1 Å². The Morgan fingerprint density at radius 1 is 1.27 bits per heavy atom. The first-order chi connectivity index (χ1) is 12.3. The summed E-state index contributed by atoms with van der Waals surface area (Å²) in [7, 11) is 1.86. The lowest BCUT2D eigenvalue weighted by atomic mass is 10.1. The molecular formula is C20H24F2N2O2. The summed E-state index contributed by atoms with van der Waals surface area (Å²) in [5, 5.41) is 9.67. The first kappa shape index (κ1) is 19.8. The highest BCUT2D eigenvalue weighted by Crippen LogP contribution is 2.37. The number of aliphatic hydroxyl groups excluding tert-OH is 1. The van der Waals surface area contributed by atoms with E-state index in [1.807, 2.05) is 18.9 Å². The maximum Gasteiger partial charge on any atom is 0.267 e. The Bertz CT molecular complexity index is 776. The van der Waals surface area contributed by atoms with Crippen LogP contribution in [-0.4, -0.2) is 29.9 Å². The van der Waals surface area contributed by atoms with Crippen molar-refractivity contribution in [3.63, 3.8) is 0 Å². The van der Waals surface area contributed by atoms with Gasteiger partial charge in [0.05, 0.1) is 23.7 Å². The average molecular weight is 362 g/mol. The van der Waals surface area contributed by atoms with E-state index in [1.54, 1.807) is 50.5 Å². The smallest absolute Gasteiger partial charge is 0.267 e. The fourth-order valence-corrected chi connectivity index (χ4v) is 2.29. The van der Waals surface area contributed by atoms with Crippen LogP contribution in [0.3, 0.4) is 0 Å². The van der Waals surface area contributed by atoms with Crippen LogP contribution in [0, 0.1) is 6.92 Å². The minimum atomic E-state index is -2.69. The van der Waals surface area contributed by atoms with E-state index in [4.69, 9.17) is 4.74 Å². The van der Waals surface area contributed by atoms with Gasteiger partial charge in [0.25, 0.3) is 6.43 Å². The van der Waals surface area contributed by atoms with Gasteiger partial charge >= 0.3 is 0 Å². The minimum Gasteiger partial charge on any atom is -0.457 e. The fourth-order valence-electron chi connectivity index (χ4n) is 2.29. The lowest BCUT2D eigenvalue weighted by molar-refractivity contribution is 0.148. The Labute approximate surface area is 152 Å². The largest absolute Gasteiger partial charge is 0.457 e. The summed E-state index contributed by atoms with van der Waals surface area (Å²) < 4.78 is 32.8. The molecule has 0 aromatic heterocycles. The summed E-state index contributed by atoms with van der Waals surface area (Å²) in [6.45, 7) is 6.17. The topological polar surface area (TPSA) is 45.1 Å². The molecule has 1 N–H and O–H groups in total. The normalized spacial score (nSPS) is 12.6. The van der Waals surface area contributed by atoms with E-state index in [2.05, 4.69) is 4.99 Å². The van der Waals surface area contributed by atoms with Crippen molar-refractivity contribution < 1.29 is 18.6 Å². The van der Waals surface area contributed by atoms with Crippen LogP contribution in [0.4, 0.5) is 14.5 Å². The van der Waals surface area contributed by atoms with E-state index in [1.165, 1.54) is 6.07 Å². The van der Waals surface area contributed by atoms with Crippen LogP contribution in [0.2, 0.25) is 0 Å². The molecule has 6 heteroatoms. The highest BCUT2D eigenvalue weighted by molar-refractivity contribution is 5.65. The van der Waals surface area contributed by atoms with Crippen molar-refractivity contribution in [2.45, 2.75) is 33.3 Å². The molecule has 0 fully saturated rings. The van der Waals surface area contributed by atoms with Crippen molar-refractivity contribution in [3.05, 3.63) is 53.1 Å². The monoisotopic (exact) mass is 362 g/mol. The SMILES string of the molecule is CCN(C)C=Nc1cc(C(F)F)c(Oc2cccc(C(C)O)c2)cc1C. The molecule has 0 spiro atoms. The van der Waals surface area contributed by atoms with Crippen molar-refractivity contribution in [2.24, 2.45) is 4.99 Å². The molecule has 0 bridgehead atoms. The van der Waals surface area contributed by atoms with Gasteiger partial charge in [-0.25, -0.2) is 13.8 Å². The Morgan fingerprint density at radius 3 is 2.62 bits per heavy atom. The fraction of sp³-hybridized carbons (Fsp3) is 0.350. The highest BCUT2D eigenvalue weighted by Gasteiger charge is 2.18. The predicted molar refractivity (Wildman–Crippen MR) is 99.7 cm³/mol. The first-order valence-corrected chi connectivity index (χ1v) is 8.44. The van der Waals surface area contributed by atoms with Gasteiger partial charge in [-0.3, -0.25) is 0 Å². The zero-order chi connectivity index (χ0) is 19.3. The minimum absolute atomic E-state index is 0.0861. The average Bonchev–Trinajstić information content (AvgIpc) is 2.60. The lowest BCUT2D eigenvalue weighted by Gasteiger charge is -2.15. The van der Waals surface area contributed by atoms with Gasteiger partial charge < -0.3 is 14.7 Å². The molecule has 1 unspecified atom stereocenters. The quantitative estimate of drug-likeness (QED) is 0.530. The van der Waals surface area contributed by atoms with Crippen molar-refractivity contribution >= 4 is 12.0 Å². The summed E-state index contributed by atoms with van der Waals surface area (Å²) in [6.07, 6.45) is -1.74. The van der Waals surface area contributed by atoms with Gasteiger partial charge in [-0.15, -0.1) is 0 Å². The van der Waals surface area contributed by atoms with Gasteiger partial charge in [0, 0.05) is 13.6 Å². The number of hydrogen-bond donors (Lipinski definition) is 1. The van der Waals surface area contributed by atoms with Gasteiger partial charge in [-0.2, -0.15) is 0 Å². The third-order valence-electron chi connectivity index (χ3n) is 4.02. The standard InChI is InChI=1S/C20H24F2N2O2/c1-5-24(4)12-23-18-11-17(20(21)22)19(9-13(18)2)26-16-8-6-7-15(10-16)14(3)25/h6-12,14,20,25H,5H2,1-4H3. The van der Waals surface area contributed by atoms with Crippen molar-refractivity contribution in [2.75, 3.05) is 13.6 Å². The van der Waals surface area contributed by atoms with Crippen molar-refractivity contribution in [1.29, 1.82) is 0 Å². The highest BCUT2D eigenvalue weighted by atomic mass is 19.3. The van der Waals surface area contributed by atoms with Gasteiger partial charge in [0.1, 0.15) is 11.5 Å². The van der Waals surface area contributed by atoms with Crippen molar-refractivity contribution in [3.8, 4) is 11.5 Å². The molecule has 1 atom stereocenters. The molecule has 2 aromatic rings. The van der Waals surface area contributed by atoms with Crippen LogP contribution in [0.25, 0.3) is 0 Å². The summed E-state index contributed by atoms with van der Waals surface area (Å²) in [5.74, 6) is 0.481. The van der Waals surface area contributed by atoms with Gasteiger partial charge in [0.15, 0.2) is 0 Å². The molecule has 0 heterocycles. The second kappa shape index (κ2) is 8.76. The predicted octanol–water partition coefficient (Wildman–Crippen LogP) is 5.39. The number of hydrogen-bond acceptors (Lipinski definition) is 3. The third kappa shape index (κ3) is 5.02. The molecule has 0 radical (unpaired) electrons. The van der Waals surface area contributed by atoms with E-state index >= 15 is 0 Å². The number of aryl methyl sites for hydroxylation is 1. The molecule has 0 saturated heterocycles. The van der Waals surface area contributed by atoms with Crippen LogP contribution in [0.15, 0.2) is 41.4 Å². The number of aliphatic imine (C=N–C) groups is 1. The number of rotatable bonds is 7. The summed E-state index contributed by atoms with van der Waals surface area (Å²) in [4.78, 5) is 6.14. The van der Waals surface area contributed by atoms with Gasteiger partial charge in [-0.1, -0.05) is 12.1 Å². The molecule has 26 heavy (non-hydrogen) atoms. The number of aliphatic hydroxyl groups is 1. The summed E-state index contributed by atoms with van der Waals surface area (Å²) in [6, 6.07) is 9.68. The first-order valence-electron chi connectivity index (χ1n) is 8.44. The van der Waals surface area contributed by atoms with Gasteiger partial charge in [0.2, 0.25) is 0 Å². The number of alkyl halides is 2. The second-order valence-corrected chi connectivity index (χ2v) is 6.15. The Kier molecular flexibility index (Phi) is 6.69. The van der Waals surface area contributed by atoms with E-state index in [0.717, 1.165) is 12.1 Å². The van der Waals surface area contributed by atoms with Crippen LogP contribution >= 0.6 is 0 Å². The number of halogens is 2. The Morgan fingerprint density at radius 2 is 2.00 bits per heavy atom. The van der Waals surface area contributed by atoms with E-state index in [0.29, 0.717) is 17.0 Å². The van der Waals surface area contributed by atoms with Gasteiger partial charge in [-0.05, 0) is 56.2 Å². The summed E-state index contributed by atoms with van der Waals surface area (Å²) >= 11 is 0. The Balaban J connectivity index is 2.38. The number of ether oxygens (including phenoxy) is 1. The molecule has 4 nitrogen and oxygen atoms in total. The zero-order valence-electron chi connectivity index (χ0n) is 15.4. The molecule has 0 saturated carbocycles. The molecule has 0 aliphatic carbocycles. The molecule has 140 valence electrons. The molecular weight excluding hydrogens is 338 g/mol.